The van der Waals surface area contributed by atoms with Crippen LogP contribution in [0.1, 0.15) is 9.67 Å². The average molecular weight is 259 g/mol. The molecule has 0 aliphatic heterocycles. The maximum absolute atomic E-state index is 13.2. The molecule has 0 unspecified atom stereocenters. The summed E-state index contributed by atoms with van der Waals surface area (Å²) >= 11 is 4.58. The lowest BCUT2D eigenvalue weighted by molar-refractivity contribution is 0.112. The SMILES string of the molecule is O=Cc1cc2c(F)ccc(Br)c2s1. The second-order valence-electron chi connectivity index (χ2n) is 2.54. The molecule has 0 amide bonds. The van der Waals surface area contributed by atoms with Crippen molar-refractivity contribution in [3.63, 3.8) is 0 Å². The minimum absolute atomic E-state index is 0.289. The lowest BCUT2D eigenvalue weighted by Crippen LogP contribution is -1.73. The molecule has 0 bridgehead atoms. The molecule has 0 aliphatic carbocycles. The molecule has 1 heterocycles. The molecule has 0 N–H and O–H groups in total. The number of hydrogen-bond acceptors (Lipinski definition) is 2. The van der Waals surface area contributed by atoms with E-state index in [1.807, 2.05) is 0 Å². The fourth-order valence-electron chi connectivity index (χ4n) is 1.13. The van der Waals surface area contributed by atoms with E-state index in [1.165, 1.54) is 17.4 Å². The topological polar surface area (TPSA) is 17.1 Å². The van der Waals surface area contributed by atoms with Gasteiger partial charge in [0.05, 0.1) is 9.58 Å². The van der Waals surface area contributed by atoms with Gasteiger partial charge in [-0.1, -0.05) is 0 Å². The lowest BCUT2D eigenvalue weighted by atomic mass is 10.2. The first kappa shape index (κ1) is 8.84. The highest BCUT2D eigenvalue weighted by Crippen LogP contribution is 2.32. The monoisotopic (exact) mass is 258 g/mol. The van der Waals surface area contributed by atoms with Crippen LogP contribution in [0.15, 0.2) is 22.7 Å². The zero-order valence-corrected chi connectivity index (χ0v) is 8.78. The van der Waals surface area contributed by atoms with E-state index in [4.69, 9.17) is 0 Å². The summed E-state index contributed by atoms with van der Waals surface area (Å²) in [5.74, 6) is -0.289. The zero-order chi connectivity index (χ0) is 9.42. The van der Waals surface area contributed by atoms with Gasteiger partial charge in [0.1, 0.15) is 5.82 Å². The second kappa shape index (κ2) is 3.20. The number of carbonyl (C=O) groups is 1. The van der Waals surface area contributed by atoms with Crippen molar-refractivity contribution < 1.29 is 9.18 Å². The van der Waals surface area contributed by atoms with Crippen molar-refractivity contribution in [2.24, 2.45) is 0 Å². The minimum Gasteiger partial charge on any atom is -0.297 e. The Labute approximate surface area is 86.3 Å². The van der Waals surface area contributed by atoms with Crippen molar-refractivity contribution in [2.45, 2.75) is 0 Å². The quantitative estimate of drug-likeness (QED) is 0.715. The summed E-state index contributed by atoms with van der Waals surface area (Å²) in [6.07, 6.45) is 0.733. The van der Waals surface area contributed by atoms with E-state index >= 15 is 0 Å². The Morgan fingerprint density at radius 2 is 2.23 bits per heavy atom. The molecular formula is C9H4BrFOS. The van der Waals surface area contributed by atoms with Gasteiger partial charge in [-0.25, -0.2) is 4.39 Å². The van der Waals surface area contributed by atoms with Crippen LogP contribution in [0.4, 0.5) is 4.39 Å². The van der Waals surface area contributed by atoms with E-state index in [1.54, 1.807) is 12.1 Å². The van der Waals surface area contributed by atoms with E-state index in [0.29, 0.717) is 10.3 Å². The largest absolute Gasteiger partial charge is 0.297 e. The van der Waals surface area contributed by atoms with Gasteiger partial charge in [-0.2, -0.15) is 0 Å². The highest BCUT2D eigenvalue weighted by Gasteiger charge is 2.08. The van der Waals surface area contributed by atoms with E-state index < -0.39 is 0 Å². The Bertz CT molecular complexity index is 439. The molecule has 2 rings (SSSR count). The van der Waals surface area contributed by atoms with Crippen molar-refractivity contribution in [3.05, 3.63) is 33.4 Å². The predicted octanol–water partition coefficient (Wildman–Crippen LogP) is 3.62. The minimum atomic E-state index is -0.289. The van der Waals surface area contributed by atoms with E-state index in [0.717, 1.165) is 15.5 Å². The predicted molar refractivity (Wildman–Crippen MR) is 54.9 cm³/mol. The summed E-state index contributed by atoms with van der Waals surface area (Å²) in [6.45, 7) is 0. The molecular weight excluding hydrogens is 255 g/mol. The summed E-state index contributed by atoms with van der Waals surface area (Å²) in [4.78, 5) is 11.0. The van der Waals surface area contributed by atoms with E-state index in [9.17, 15) is 9.18 Å². The van der Waals surface area contributed by atoms with Crippen LogP contribution in [0.5, 0.6) is 0 Å². The number of hydrogen-bond donors (Lipinski definition) is 0. The number of aldehydes is 1. The molecule has 66 valence electrons. The average Bonchev–Trinajstić information content (AvgIpc) is 2.56. The van der Waals surface area contributed by atoms with Crippen LogP contribution in [0.25, 0.3) is 10.1 Å². The van der Waals surface area contributed by atoms with Crippen molar-refractivity contribution in [2.75, 3.05) is 0 Å². The van der Waals surface area contributed by atoms with Gasteiger partial charge in [0, 0.05) is 9.86 Å². The molecule has 13 heavy (non-hydrogen) atoms. The highest BCUT2D eigenvalue weighted by atomic mass is 79.9. The van der Waals surface area contributed by atoms with Gasteiger partial charge in [0.15, 0.2) is 6.29 Å². The molecule has 0 radical (unpaired) electrons. The van der Waals surface area contributed by atoms with E-state index in [2.05, 4.69) is 15.9 Å². The van der Waals surface area contributed by atoms with Crippen molar-refractivity contribution >= 4 is 43.6 Å². The van der Waals surface area contributed by atoms with Gasteiger partial charge in [-0.05, 0) is 34.1 Å². The van der Waals surface area contributed by atoms with Crippen molar-refractivity contribution in [1.29, 1.82) is 0 Å². The Morgan fingerprint density at radius 3 is 2.85 bits per heavy atom. The molecule has 4 heteroatoms. The fraction of sp³-hybridized carbons (Fsp3) is 0. The normalized spacial score (nSPS) is 10.6. The summed E-state index contributed by atoms with van der Waals surface area (Å²) in [5.41, 5.74) is 0. The number of halogens is 2. The second-order valence-corrected chi connectivity index (χ2v) is 4.48. The van der Waals surface area contributed by atoms with Crippen molar-refractivity contribution in [1.82, 2.24) is 0 Å². The first-order valence-electron chi connectivity index (χ1n) is 3.55. The van der Waals surface area contributed by atoms with Gasteiger partial charge in [0.2, 0.25) is 0 Å². The molecule has 0 spiro atoms. The van der Waals surface area contributed by atoms with Gasteiger partial charge in [-0.15, -0.1) is 11.3 Å². The van der Waals surface area contributed by atoms with Crippen molar-refractivity contribution in [3.8, 4) is 0 Å². The molecule has 0 atom stereocenters. The number of rotatable bonds is 1. The Balaban J connectivity index is 2.87. The lowest BCUT2D eigenvalue weighted by Gasteiger charge is -1.93. The summed E-state index contributed by atoms with van der Waals surface area (Å²) in [5, 5.41) is 0.501. The molecule has 0 fully saturated rings. The molecule has 0 aliphatic rings. The fourth-order valence-corrected chi connectivity index (χ4v) is 2.62. The van der Waals surface area contributed by atoms with Crippen LogP contribution in [0, 0.1) is 5.82 Å². The smallest absolute Gasteiger partial charge is 0.160 e. The van der Waals surface area contributed by atoms with Gasteiger partial charge in [-0.3, -0.25) is 4.79 Å². The standard InChI is InChI=1S/C9H4BrFOS/c10-7-1-2-8(11)6-3-5(4-12)13-9(6)7/h1-4H. The summed E-state index contributed by atoms with van der Waals surface area (Å²) < 4.78 is 14.8. The molecule has 1 nitrogen and oxygen atoms in total. The summed E-state index contributed by atoms with van der Waals surface area (Å²) in [7, 11) is 0. The molecule has 2 aromatic rings. The number of carbonyl (C=O) groups excluding carboxylic acids is 1. The highest BCUT2D eigenvalue weighted by molar-refractivity contribution is 9.10. The van der Waals surface area contributed by atoms with Crippen LogP contribution in [0.3, 0.4) is 0 Å². The van der Waals surface area contributed by atoms with Crippen LogP contribution < -0.4 is 0 Å². The Morgan fingerprint density at radius 1 is 1.46 bits per heavy atom. The van der Waals surface area contributed by atoms with E-state index in [-0.39, 0.29) is 5.82 Å². The van der Waals surface area contributed by atoms with Gasteiger partial charge < -0.3 is 0 Å². The molecule has 0 saturated carbocycles. The number of benzene rings is 1. The first-order valence-corrected chi connectivity index (χ1v) is 5.16. The van der Waals surface area contributed by atoms with Gasteiger partial charge in [0.25, 0.3) is 0 Å². The number of thiophene rings is 1. The maximum atomic E-state index is 13.2. The van der Waals surface area contributed by atoms with Crippen LogP contribution >= 0.6 is 27.3 Å². The molecule has 1 aromatic heterocycles. The maximum Gasteiger partial charge on any atom is 0.160 e. The van der Waals surface area contributed by atoms with Crippen LogP contribution in [-0.2, 0) is 0 Å². The number of fused-ring (bicyclic) bond motifs is 1. The van der Waals surface area contributed by atoms with Gasteiger partial charge >= 0.3 is 0 Å². The third-order valence-electron chi connectivity index (χ3n) is 1.72. The van der Waals surface area contributed by atoms with Crippen LogP contribution in [-0.4, -0.2) is 6.29 Å². The summed E-state index contributed by atoms with van der Waals surface area (Å²) in [6, 6.07) is 4.59. The Hall–Kier alpha value is -0.740. The zero-order valence-electron chi connectivity index (χ0n) is 6.38. The first-order chi connectivity index (χ1) is 6.22. The third-order valence-corrected chi connectivity index (χ3v) is 3.73. The third kappa shape index (κ3) is 1.40. The van der Waals surface area contributed by atoms with Crippen LogP contribution in [0.2, 0.25) is 0 Å². The molecule has 0 saturated heterocycles. The Kier molecular flexibility index (Phi) is 2.17. The molecule has 1 aromatic carbocycles.